The summed E-state index contributed by atoms with van der Waals surface area (Å²) in [6, 6.07) is 70.5. The fourth-order valence-electron chi connectivity index (χ4n) is 9.63. The molecule has 0 fully saturated rings. The summed E-state index contributed by atoms with van der Waals surface area (Å²) in [4.78, 5) is 10.2. The van der Waals surface area contributed by atoms with Crippen molar-refractivity contribution in [2.75, 3.05) is 0 Å². The van der Waals surface area contributed by atoms with E-state index in [9.17, 15) is 0 Å². The normalized spacial score (nSPS) is 11.8. The Kier molecular flexibility index (Phi) is 7.63. The first-order valence-corrected chi connectivity index (χ1v) is 20.5. The van der Waals surface area contributed by atoms with E-state index in [1.54, 1.807) is 0 Å². The highest BCUT2D eigenvalue weighted by atomic mass is 15.1. The van der Waals surface area contributed by atoms with Crippen molar-refractivity contribution in [3.05, 3.63) is 194 Å². The monoisotopic (exact) mass is 766 g/mol. The molecule has 2 aromatic heterocycles. The SMILES string of the molecule is Cn1c(-c2ccccc2)nc2ccc(-c3cccc4c(-c5c6ccccc6cc6ccccc56)c5cccc(-c6ccc7nc(-c8ccccc8)n(C)c7c6)c5cc34)cc21. The first-order valence-electron chi connectivity index (χ1n) is 20.5. The second kappa shape index (κ2) is 13.4. The van der Waals surface area contributed by atoms with E-state index in [0.717, 1.165) is 56.0 Å². The fourth-order valence-corrected chi connectivity index (χ4v) is 9.63. The van der Waals surface area contributed by atoms with Gasteiger partial charge in [-0.25, -0.2) is 9.97 Å². The number of aryl methyl sites for hydroxylation is 2. The molecule has 60 heavy (non-hydrogen) atoms. The molecule has 0 aliphatic heterocycles. The molecule has 282 valence electrons. The molecule has 0 amide bonds. The maximum Gasteiger partial charge on any atom is 0.140 e. The molecule has 0 N–H and O–H groups in total. The summed E-state index contributed by atoms with van der Waals surface area (Å²) in [6.45, 7) is 0. The summed E-state index contributed by atoms with van der Waals surface area (Å²) in [5.74, 6) is 1.92. The van der Waals surface area contributed by atoms with Crippen LogP contribution in [0.5, 0.6) is 0 Å². The highest BCUT2D eigenvalue weighted by Crippen LogP contribution is 2.47. The number of imidazole rings is 2. The van der Waals surface area contributed by atoms with Gasteiger partial charge in [0.1, 0.15) is 11.6 Å². The maximum absolute atomic E-state index is 5.08. The molecule has 4 nitrogen and oxygen atoms in total. The summed E-state index contributed by atoms with van der Waals surface area (Å²) in [5.41, 5.74) is 13.6. The number of hydrogen-bond acceptors (Lipinski definition) is 2. The number of aromatic nitrogens is 4. The molecule has 0 aliphatic carbocycles. The predicted molar refractivity (Wildman–Crippen MR) is 252 cm³/mol. The molecular formula is C56H38N4. The molecule has 0 aliphatic rings. The van der Waals surface area contributed by atoms with E-state index in [1.165, 1.54) is 65.3 Å². The zero-order valence-corrected chi connectivity index (χ0v) is 33.3. The molecule has 0 unspecified atom stereocenters. The average Bonchev–Trinajstić information content (AvgIpc) is 3.82. The Morgan fingerprint density at radius 3 is 1.22 bits per heavy atom. The molecule has 0 spiro atoms. The maximum atomic E-state index is 5.08. The zero-order chi connectivity index (χ0) is 39.9. The number of nitrogens with zero attached hydrogens (tertiary/aromatic N) is 4. The summed E-state index contributed by atoms with van der Waals surface area (Å²) in [5, 5.41) is 9.83. The Labute approximate surface area is 347 Å². The molecule has 0 saturated heterocycles. The van der Waals surface area contributed by atoms with Crippen molar-refractivity contribution in [1.82, 2.24) is 19.1 Å². The van der Waals surface area contributed by atoms with E-state index >= 15 is 0 Å². The van der Waals surface area contributed by atoms with Crippen molar-refractivity contribution < 1.29 is 0 Å². The van der Waals surface area contributed by atoms with E-state index < -0.39 is 0 Å². The van der Waals surface area contributed by atoms with Crippen LogP contribution in [0.4, 0.5) is 0 Å². The van der Waals surface area contributed by atoms with Crippen molar-refractivity contribution in [1.29, 1.82) is 0 Å². The van der Waals surface area contributed by atoms with Crippen LogP contribution in [0.15, 0.2) is 194 Å². The Morgan fingerprint density at radius 1 is 0.317 bits per heavy atom. The minimum absolute atomic E-state index is 0.961. The number of fused-ring (bicyclic) bond motifs is 6. The van der Waals surface area contributed by atoms with Crippen molar-refractivity contribution in [3.63, 3.8) is 0 Å². The molecule has 0 radical (unpaired) electrons. The topological polar surface area (TPSA) is 35.6 Å². The van der Waals surface area contributed by atoms with E-state index in [-0.39, 0.29) is 0 Å². The molecule has 4 heteroatoms. The first-order chi connectivity index (χ1) is 29.6. The quantitative estimate of drug-likeness (QED) is 0.164. The largest absolute Gasteiger partial charge is 0.327 e. The summed E-state index contributed by atoms with van der Waals surface area (Å²) in [7, 11) is 4.24. The predicted octanol–water partition coefficient (Wildman–Crippen LogP) is 14.4. The standard InChI is InChI=1S/C56H38N4/c1-59-51-32-39(27-29-49(51)57-55(59)35-15-5-3-6-16-35)41-23-13-25-45-47(41)34-48-42(40-28-30-50-52(33-40)60(2)56(58-50)36-17-7-4-8-18-36)24-14-26-46(48)54(45)53-43-21-11-9-19-37(43)31-38-20-10-12-22-44(38)53/h3-34H,1-2H3. The Bertz CT molecular complexity index is 3430. The third-order valence-electron chi connectivity index (χ3n) is 12.5. The van der Waals surface area contributed by atoms with Gasteiger partial charge in [0.15, 0.2) is 0 Å². The average molecular weight is 767 g/mol. The van der Waals surface area contributed by atoms with Gasteiger partial charge in [-0.1, -0.05) is 158 Å². The molecule has 10 aromatic carbocycles. The van der Waals surface area contributed by atoms with Crippen LogP contribution in [0.25, 0.3) is 121 Å². The molecule has 12 rings (SSSR count). The molecule has 0 atom stereocenters. The lowest BCUT2D eigenvalue weighted by molar-refractivity contribution is 0.959. The van der Waals surface area contributed by atoms with Crippen molar-refractivity contribution in [2.45, 2.75) is 0 Å². The third kappa shape index (κ3) is 5.24. The number of benzene rings is 10. The van der Waals surface area contributed by atoms with Gasteiger partial charge in [-0.15, -0.1) is 0 Å². The van der Waals surface area contributed by atoms with E-state index in [0.29, 0.717) is 0 Å². The van der Waals surface area contributed by atoms with Crippen LogP contribution in [0.2, 0.25) is 0 Å². The minimum Gasteiger partial charge on any atom is -0.327 e. The molecule has 12 aromatic rings. The van der Waals surface area contributed by atoms with E-state index in [4.69, 9.17) is 9.97 Å². The molecule has 2 heterocycles. The Morgan fingerprint density at radius 2 is 0.733 bits per heavy atom. The molecule has 0 bridgehead atoms. The van der Waals surface area contributed by atoms with E-state index in [2.05, 4.69) is 205 Å². The highest BCUT2D eigenvalue weighted by molar-refractivity contribution is 6.26. The molecule has 0 saturated carbocycles. The number of hydrogen-bond donors (Lipinski definition) is 0. The Hall–Kier alpha value is -7.82. The smallest absolute Gasteiger partial charge is 0.140 e. The van der Waals surface area contributed by atoms with Crippen molar-refractivity contribution in [2.24, 2.45) is 14.1 Å². The van der Waals surface area contributed by atoms with Gasteiger partial charge < -0.3 is 9.13 Å². The molecular weight excluding hydrogens is 729 g/mol. The minimum atomic E-state index is 0.961. The lowest BCUT2D eigenvalue weighted by Crippen LogP contribution is -1.94. The van der Waals surface area contributed by atoms with Crippen molar-refractivity contribution >= 4 is 65.2 Å². The van der Waals surface area contributed by atoms with Crippen LogP contribution in [0.1, 0.15) is 0 Å². The van der Waals surface area contributed by atoms with Gasteiger partial charge in [-0.05, 0) is 113 Å². The van der Waals surface area contributed by atoms with Crippen LogP contribution in [0, 0.1) is 0 Å². The highest BCUT2D eigenvalue weighted by Gasteiger charge is 2.21. The van der Waals surface area contributed by atoms with Gasteiger partial charge in [-0.3, -0.25) is 0 Å². The van der Waals surface area contributed by atoms with Crippen LogP contribution >= 0.6 is 0 Å². The third-order valence-corrected chi connectivity index (χ3v) is 12.5. The number of rotatable bonds is 5. The van der Waals surface area contributed by atoms with Crippen LogP contribution in [0.3, 0.4) is 0 Å². The summed E-state index contributed by atoms with van der Waals surface area (Å²) < 4.78 is 4.44. The summed E-state index contributed by atoms with van der Waals surface area (Å²) >= 11 is 0. The second-order valence-corrected chi connectivity index (χ2v) is 15.9. The van der Waals surface area contributed by atoms with Crippen LogP contribution in [-0.4, -0.2) is 19.1 Å². The van der Waals surface area contributed by atoms with Crippen molar-refractivity contribution in [3.8, 4) is 56.2 Å². The van der Waals surface area contributed by atoms with E-state index in [1.807, 2.05) is 12.1 Å². The first kappa shape index (κ1) is 34.2. The zero-order valence-electron chi connectivity index (χ0n) is 33.3. The van der Waals surface area contributed by atoms with Crippen LogP contribution < -0.4 is 0 Å². The van der Waals surface area contributed by atoms with Gasteiger partial charge in [0, 0.05) is 25.2 Å². The summed E-state index contributed by atoms with van der Waals surface area (Å²) in [6.07, 6.45) is 0. The van der Waals surface area contributed by atoms with Gasteiger partial charge in [0.05, 0.1) is 22.1 Å². The fraction of sp³-hybridized carbons (Fsp3) is 0.0357. The van der Waals surface area contributed by atoms with Gasteiger partial charge >= 0.3 is 0 Å². The van der Waals surface area contributed by atoms with Gasteiger partial charge in [-0.2, -0.15) is 0 Å². The Balaban J connectivity index is 1.16. The second-order valence-electron chi connectivity index (χ2n) is 15.9. The van der Waals surface area contributed by atoms with Gasteiger partial charge in [0.25, 0.3) is 0 Å². The van der Waals surface area contributed by atoms with Crippen LogP contribution in [-0.2, 0) is 14.1 Å². The van der Waals surface area contributed by atoms with Gasteiger partial charge in [0.2, 0.25) is 0 Å². The lowest BCUT2D eigenvalue weighted by atomic mass is 9.83. The lowest BCUT2D eigenvalue weighted by Gasteiger charge is -2.20.